The van der Waals surface area contributed by atoms with Crippen molar-refractivity contribution in [2.45, 2.75) is 6.42 Å². The molecule has 0 aliphatic heterocycles. The second-order valence-corrected chi connectivity index (χ2v) is 3.47. The molecule has 0 atom stereocenters. The largest absolute Gasteiger partial charge is 0.388 e. The lowest BCUT2D eigenvalue weighted by molar-refractivity contribution is -0.127. The van der Waals surface area contributed by atoms with Crippen LogP contribution in [0.25, 0.3) is 0 Å². The number of aryl methyl sites for hydroxylation is 1. The maximum Gasteiger partial charge on any atom is 0.342 e. The Morgan fingerprint density at radius 1 is 1.43 bits per heavy atom. The van der Waals surface area contributed by atoms with Gasteiger partial charge in [-0.25, -0.2) is 4.79 Å². The van der Waals surface area contributed by atoms with E-state index < -0.39 is 0 Å². The molecule has 2 nitrogen and oxygen atoms in total. The van der Waals surface area contributed by atoms with Crippen LogP contribution < -0.4 is 0 Å². The molecule has 0 N–H and O–H groups in total. The summed E-state index contributed by atoms with van der Waals surface area (Å²) in [5.41, 5.74) is 1.25. The summed E-state index contributed by atoms with van der Waals surface area (Å²) in [4.78, 5) is 10.7. The first kappa shape index (κ1) is 10.9. The van der Waals surface area contributed by atoms with E-state index in [0.29, 0.717) is 0 Å². The fraction of sp³-hybridized carbons (Fsp3) is 0.182. The third-order valence-corrected chi connectivity index (χ3v) is 2.28. The van der Waals surface area contributed by atoms with Gasteiger partial charge in [-0.3, -0.25) is 0 Å². The monoisotopic (exact) mass is 208 g/mol. The molecule has 0 unspecified atom stereocenters. The highest BCUT2D eigenvalue weighted by Gasteiger charge is 1.97. The standard InChI is InChI=1S/C11H12O2S/c1-2-11(12)13-14-9-8-10-6-4-3-5-7-10/h2-7H,1,8-9H2. The zero-order valence-electron chi connectivity index (χ0n) is 7.81. The summed E-state index contributed by atoms with van der Waals surface area (Å²) < 4.78 is 4.77. The maximum absolute atomic E-state index is 10.7. The van der Waals surface area contributed by atoms with Crippen LogP contribution in [-0.4, -0.2) is 11.7 Å². The van der Waals surface area contributed by atoms with Crippen LogP contribution in [0.5, 0.6) is 0 Å². The molecule has 0 fully saturated rings. The van der Waals surface area contributed by atoms with Crippen LogP contribution in [0.15, 0.2) is 43.0 Å². The molecule has 1 rings (SSSR count). The number of carbonyl (C=O) groups is 1. The van der Waals surface area contributed by atoms with Crippen molar-refractivity contribution in [2.24, 2.45) is 0 Å². The molecule has 0 saturated heterocycles. The quantitative estimate of drug-likeness (QED) is 0.422. The predicted octanol–water partition coefficient (Wildman–Crippen LogP) is 2.61. The van der Waals surface area contributed by atoms with Crippen LogP contribution in [0.3, 0.4) is 0 Å². The zero-order chi connectivity index (χ0) is 10.2. The van der Waals surface area contributed by atoms with E-state index in [9.17, 15) is 4.79 Å². The van der Waals surface area contributed by atoms with Gasteiger partial charge in [0.1, 0.15) is 0 Å². The Morgan fingerprint density at radius 2 is 2.14 bits per heavy atom. The second-order valence-electron chi connectivity index (χ2n) is 2.66. The fourth-order valence-electron chi connectivity index (χ4n) is 0.938. The molecular weight excluding hydrogens is 196 g/mol. The molecule has 1 aromatic rings. The van der Waals surface area contributed by atoms with E-state index in [2.05, 4.69) is 18.7 Å². The van der Waals surface area contributed by atoms with E-state index in [1.54, 1.807) is 0 Å². The van der Waals surface area contributed by atoms with Crippen molar-refractivity contribution in [1.82, 2.24) is 0 Å². The summed E-state index contributed by atoms with van der Waals surface area (Å²) in [7, 11) is 0. The van der Waals surface area contributed by atoms with Crippen molar-refractivity contribution in [3.63, 3.8) is 0 Å². The topological polar surface area (TPSA) is 26.3 Å². The molecular formula is C11H12O2S. The normalized spacial score (nSPS) is 9.43. The summed E-state index contributed by atoms with van der Waals surface area (Å²) in [5.74, 6) is 0.381. The first-order valence-corrected chi connectivity index (χ1v) is 5.24. The summed E-state index contributed by atoms with van der Waals surface area (Å²) in [6.45, 7) is 3.31. The van der Waals surface area contributed by atoms with Crippen molar-refractivity contribution in [3.05, 3.63) is 48.6 Å². The molecule has 14 heavy (non-hydrogen) atoms. The Bertz CT molecular complexity index is 295. The molecule has 0 bridgehead atoms. The molecule has 0 aromatic heterocycles. The van der Waals surface area contributed by atoms with Gasteiger partial charge >= 0.3 is 5.97 Å². The number of carbonyl (C=O) groups excluding carboxylic acids is 1. The van der Waals surface area contributed by atoms with Crippen molar-refractivity contribution >= 4 is 18.0 Å². The third kappa shape index (κ3) is 4.14. The summed E-state index contributed by atoms with van der Waals surface area (Å²) in [6, 6.07) is 10.1. The minimum atomic E-state index is -0.386. The molecule has 1 aromatic carbocycles. The average Bonchev–Trinajstić information content (AvgIpc) is 2.25. The number of benzene rings is 1. The summed E-state index contributed by atoms with van der Waals surface area (Å²) >= 11 is 1.16. The maximum atomic E-state index is 10.7. The first-order valence-electron chi connectivity index (χ1n) is 4.32. The van der Waals surface area contributed by atoms with E-state index >= 15 is 0 Å². The van der Waals surface area contributed by atoms with E-state index in [0.717, 1.165) is 30.3 Å². The van der Waals surface area contributed by atoms with Crippen molar-refractivity contribution in [1.29, 1.82) is 0 Å². The lowest BCUT2D eigenvalue weighted by Crippen LogP contribution is -1.95. The van der Waals surface area contributed by atoms with E-state index in [4.69, 9.17) is 4.18 Å². The Labute approximate surface area is 88.2 Å². The average molecular weight is 208 g/mol. The summed E-state index contributed by atoms with van der Waals surface area (Å²) in [5, 5.41) is 0. The molecule has 0 spiro atoms. The van der Waals surface area contributed by atoms with Crippen LogP contribution >= 0.6 is 12.0 Å². The van der Waals surface area contributed by atoms with Gasteiger partial charge in [0.2, 0.25) is 0 Å². The lowest BCUT2D eigenvalue weighted by atomic mass is 10.2. The van der Waals surface area contributed by atoms with Gasteiger partial charge in [-0.1, -0.05) is 36.9 Å². The lowest BCUT2D eigenvalue weighted by Gasteiger charge is -2.00. The van der Waals surface area contributed by atoms with Crippen LogP contribution in [0.4, 0.5) is 0 Å². The zero-order valence-corrected chi connectivity index (χ0v) is 8.63. The SMILES string of the molecule is C=CC(=O)OSCCc1ccccc1. The van der Waals surface area contributed by atoms with Gasteiger partial charge < -0.3 is 4.18 Å². The Morgan fingerprint density at radius 3 is 2.79 bits per heavy atom. The molecule has 0 saturated carbocycles. The van der Waals surface area contributed by atoms with Gasteiger partial charge in [-0.2, -0.15) is 0 Å². The molecule has 3 heteroatoms. The van der Waals surface area contributed by atoms with Gasteiger partial charge in [0.05, 0.1) is 12.0 Å². The van der Waals surface area contributed by atoms with Crippen molar-refractivity contribution < 1.29 is 8.98 Å². The van der Waals surface area contributed by atoms with Crippen LogP contribution in [0, 0.1) is 0 Å². The predicted molar refractivity (Wildman–Crippen MR) is 58.9 cm³/mol. The molecule has 74 valence electrons. The Hall–Kier alpha value is -1.22. The van der Waals surface area contributed by atoms with Crippen LogP contribution in [0.2, 0.25) is 0 Å². The molecule has 0 aliphatic rings. The third-order valence-electron chi connectivity index (χ3n) is 1.62. The molecule has 0 aliphatic carbocycles. The van der Waals surface area contributed by atoms with E-state index in [-0.39, 0.29) is 5.97 Å². The van der Waals surface area contributed by atoms with Crippen LogP contribution in [0.1, 0.15) is 5.56 Å². The molecule has 0 heterocycles. The van der Waals surface area contributed by atoms with Gasteiger partial charge in [0.25, 0.3) is 0 Å². The van der Waals surface area contributed by atoms with E-state index in [1.165, 1.54) is 5.56 Å². The highest BCUT2D eigenvalue weighted by atomic mass is 32.2. The fourth-order valence-corrected chi connectivity index (χ4v) is 1.52. The molecule has 0 amide bonds. The Kier molecular flexibility index (Phi) is 4.86. The van der Waals surface area contributed by atoms with Crippen molar-refractivity contribution in [2.75, 3.05) is 5.75 Å². The highest BCUT2D eigenvalue weighted by Crippen LogP contribution is 2.08. The van der Waals surface area contributed by atoms with Crippen LogP contribution in [-0.2, 0) is 15.4 Å². The number of hydrogen-bond acceptors (Lipinski definition) is 3. The molecule has 0 radical (unpaired) electrons. The minimum Gasteiger partial charge on any atom is -0.388 e. The number of rotatable bonds is 5. The van der Waals surface area contributed by atoms with Gasteiger partial charge in [0, 0.05) is 11.8 Å². The van der Waals surface area contributed by atoms with Gasteiger partial charge in [-0.15, -0.1) is 0 Å². The highest BCUT2D eigenvalue weighted by molar-refractivity contribution is 7.95. The second kappa shape index (κ2) is 6.27. The number of hydrogen-bond donors (Lipinski definition) is 0. The Balaban J connectivity index is 2.16. The minimum absolute atomic E-state index is 0.386. The first-order chi connectivity index (χ1) is 6.83. The van der Waals surface area contributed by atoms with Gasteiger partial charge in [0.15, 0.2) is 0 Å². The van der Waals surface area contributed by atoms with E-state index in [1.807, 2.05) is 18.2 Å². The van der Waals surface area contributed by atoms with Gasteiger partial charge in [-0.05, 0) is 12.0 Å². The van der Waals surface area contributed by atoms with Crippen molar-refractivity contribution in [3.8, 4) is 0 Å². The summed E-state index contributed by atoms with van der Waals surface area (Å²) in [6.07, 6.45) is 2.06. The smallest absolute Gasteiger partial charge is 0.342 e.